The highest BCUT2D eigenvalue weighted by Crippen LogP contribution is 2.75. The highest BCUT2D eigenvalue weighted by Gasteiger charge is 2.69. The van der Waals surface area contributed by atoms with E-state index in [4.69, 9.17) is 9.97 Å². The molecule has 9 atom stereocenters. The quantitative estimate of drug-likeness (QED) is 0.360. The first-order valence-electron chi connectivity index (χ1n) is 16.4. The number of aromatic nitrogens is 2. The van der Waals surface area contributed by atoms with Crippen molar-refractivity contribution >= 4 is 11.9 Å². The lowest BCUT2D eigenvalue weighted by atomic mass is 9.33. The Hall–Kier alpha value is -2.32. The molecule has 0 bridgehead atoms. The molecule has 4 N–H and O–H groups in total. The number of hydrogen-bond acceptors (Lipinski definition) is 6. The summed E-state index contributed by atoms with van der Waals surface area (Å²) in [5.41, 5.74) is 2.18. The molecule has 1 aromatic heterocycles. The summed E-state index contributed by atoms with van der Waals surface area (Å²) in [5, 5.41) is 32.9. The Balaban J connectivity index is 1.43. The van der Waals surface area contributed by atoms with Crippen LogP contribution in [0, 0.1) is 44.8 Å². The van der Waals surface area contributed by atoms with Gasteiger partial charge in [0.05, 0.1) is 30.0 Å². The van der Waals surface area contributed by atoms with Gasteiger partial charge in [0.2, 0.25) is 5.91 Å². The maximum Gasteiger partial charge on any atom is 0.328 e. The van der Waals surface area contributed by atoms with E-state index in [0.717, 1.165) is 69.2 Å². The fraction of sp³-hybridized carbons (Fsp3) is 0.771. The van der Waals surface area contributed by atoms with Crippen LogP contribution in [-0.4, -0.2) is 56.4 Å². The monoisotopic (exact) mass is 593 g/mol. The molecule has 0 radical (unpaired) electrons. The third kappa shape index (κ3) is 4.07. The van der Waals surface area contributed by atoms with Gasteiger partial charge in [0.25, 0.3) is 0 Å². The van der Waals surface area contributed by atoms with Crippen LogP contribution in [0.25, 0.3) is 0 Å². The summed E-state index contributed by atoms with van der Waals surface area (Å²) >= 11 is 0. The fourth-order valence-electron chi connectivity index (χ4n) is 11.5. The van der Waals surface area contributed by atoms with Crippen LogP contribution in [0.3, 0.4) is 0 Å². The molecule has 5 aliphatic rings. The van der Waals surface area contributed by atoms with Crippen molar-refractivity contribution in [3.63, 3.8) is 0 Å². The van der Waals surface area contributed by atoms with E-state index in [9.17, 15) is 24.9 Å². The topological polar surface area (TPSA) is 133 Å². The van der Waals surface area contributed by atoms with Crippen LogP contribution in [-0.2, 0) is 21.4 Å². The molecule has 3 saturated carbocycles. The van der Waals surface area contributed by atoms with E-state index in [-0.39, 0.29) is 40.1 Å². The minimum atomic E-state index is -1.29. The highest BCUT2D eigenvalue weighted by atomic mass is 16.4. The number of carboxylic acid groups (broad SMARTS) is 1. The van der Waals surface area contributed by atoms with Crippen molar-refractivity contribution in [3.05, 3.63) is 35.4 Å². The summed E-state index contributed by atoms with van der Waals surface area (Å²) in [7, 11) is 0. The van der Waals surface area contributed by atoms with Crippen molar-refractivity contribution in [1.29, 1.82) is 0 Å². The number of hydrogen-bond donors (Lipinski definition) is 4. The first kappa shape index (κ1) is 30.7. The molecular formula is C35H51N3O5. The molecule has 0 spiro atoms. The molecule has 8 nitrogen and oxygen atoms in total. The molecule has 43 heavy (non-hydrogen) atoms. The van der Waals surface area contributed by atoms with Crippen LogP contribution in [0.4, 0.5) is 0 Å². The number of fused-ring (bicyclic) bond motifs is 8. The number of aliphatic hydroxyl groups excluding tert-OH is 2. The molecule has 5 aliphatic carbocycles. The highest BCUT2D eigenvalue weighted by molar-refractivity contribution is 5.88. The van der Waals surface area contributed by atoms with Crippen LogP contribution in [0.1, 0.15) is 104 Å². The second kappa shape index (κ2) is 9.84. The van der Waals surface area contributed by atoms with E-state index in [2.05, 4.69) is 52.9 Å². The smallest absolute Gasteiger partial charge is 0.328 e. The van der Waals surface area contributed by atoms with Gasteiger partial charge in [-0.1, -0.05) is 53.2 Å². The van der Waals surface area contributed by atoms with Crippen molar-refractivity contribution < 1.29 is 24.9 Å². The number of carbonyl (C=O) groups is 2. The van der Waals surface area contributed by atoms with Gasteiger partial charge in [0.1, 0.15) is 6.04 Å². The number of aliphatic hydroxyl groups is 2. The third-order valence-corrected chi connectivity index (χ3v) is 14.1. The Morgan fingerprint density at radius 1 is 0.977 bits per heavy atom. The van der Waals surface area contributed by atoms with Gasteiger partial charge < -0.3 is 20.6 Å². The first-order valence-corrected chi connectivity index (χ1v) is 16.4. The van der Waals surface area contributed by atoms with Crippen molar-refractivity contribution in [3.8, 4) is 0 Å². The van der Waals surface area contributed by atoms with Gasteiger partial charge in [-0.15, -0.1) is 0 Å². The summed E-state index contributed by atoms with van der Waals surface area (Å²) in [6.07, 6.45) is 14.0. The van der Waals surface area contributed by atoms with Crippen molar-refractivity contribution in [1.82, 2.24) is 15.3 Å². The van der Waals surface area contributed by atoms with Gasteiger partial charge in [-0.2, -0.15) is 0 Å². The van der Waals surface area contributed by atoms with Crippen molar-refractivity contribution in [2.24, 2.45) is 44.8 Å². The molecule has 6 rings (SSSR count). The third-order valence-electron chi connectivity index (χ3n) is 14.1. The van der Waals surface area contributed by atoms with Gasteiger partial charge in [0, 0.05) is 17.8 Å². The molecule has 0 aromatic carbocycles. The van der Waals surface area contributed by atoms with Crippen LogP contribution in [0.15, 0.2) is 24.0 Å². The SMILES string of the molecule is CC1(C)CC[C@]2(C(=O)N[C@@H](CO)C(=O)O)CC[C@]3(C)C(=CC[C@@H]4[C@@]5(C)Cc6nccnc6[C@@](C)(CO)[C@@H]5CC[C@]43C)[C@@H]2C1. The lowest BCUT2D eigenvalue weighted by molar-refractivity contribution is -0.172. The summed E-state index contributed by atoms with van der Waals surface area (Å²) in [5.74, 6) is -0.698. The van der Waals surface area contributed by atoms with Crippen LogP contribution in [0.2, 0.25) is 0 Å². The number of carboxylic acids is 1. The van der Waals surface area contributed by atoms with Crippen molar-refractivity contribution in [2.75, 3.05) is 13.2 Å². The van der Waals surface area contributed by atoms with Crippen molar-refractivity contribution in [2.45, 2.75) is 111 Å². The molecule has 1 amide bonds. The van der Waals surface area contributed by atoms with Gasteiger partial charge in [-0.3, -0.25) is 14.8 Å². The predicted octanol–water partition coefficient (Wildman–Crippen LogP) is 4.83. The largest absolute Gasteiger partial charge is 0.480 e. The number of allylic oxidation sites excluding steroid dienone is 2. The van der Waals surface area contributed by atoms with Gasteiger partial charge in [0.15, 0.2) is 0 Å². The minimum Gasteiger partial charge on any atom is -0.480 e. The second-order valence-electron chi connectivity index (χ2n) is 16.5. The Kier molecular flexibility index (Phi) is 7.02. The average molecular weight is 594 g/mol. The number of amides is 1. The van der Waals surface area contributed by atoms with E-state index in [1.54, 1.807) is 12.4 Å². The number of carbonyl (C=O) groups excluding carboxylic acids is 1. The number of rotatable bonds is 5. The maximum absolute atomic E-state index is 14.1. The molecular weight excluding hydrogens is 542 g/mol. The zero-order valence-corrected chi connectivity index (χ0v) is 26.9. The Morgan fingerprint density at radius 3 is 2.35 bits per heavy atom. The zero-order valence-electron chi connectivity index (χ0n) is 26.9. The normalized spacial score (nSPS) is 43.4. The summed E-state index contributed by atoms with van der Waals surface area (Å²) in [4.78, 5) is 35.4. The molecule has 3 fully saturated rings. The average Bonchev–Trinajstić information content (AvgIpc) is 2.95. The molecule has 8 heteroatoms. The number of nitrogens with zero attached hydrogens (tertiary/aromatic N) is 2. The minimum absolute atomic E-state index is 0.00264. The van der Waals surface area contributed by atoms with Gasteiger partial charge in [-0.25, -0.2) is 4.79 Å². The van der Waals surface area contributed by atoms with Crippen LogP contribution >= 0.6 is 0 Å². The maximum atomic E-state index is 14.1. The first-order chi connectivity index (χ1) is 20.1. The molecule has 0 unspecified atom stereocenters. The molecule has 1 aromatic rings. The van der Waals surface area contributed by atoms with E-state index in [1.165, 1.54) is 5.57 Å². The molecule has 236 valence electrons. The summed E-state index contributed by atoms with van der Waals surface area (Å²) in [6.45, 7) is 13.6. The lowest BCUT2D eigenvalue weighted by Gasteiger charge is -2.70. The zero-order chi connectivity index (χ0) is 31.2. The molecule has 0 aliphatic heterocycles. The fourth-order valence-corrected chi connectivity index (χ4v) is 11.5. The molecule has 0 saturated heterocycles. The van der Waals surface area contributed by atoms with Gasteiger partial charge >= 0.3 is 5.97 Å². The van der Waals surface area contributed by atoms with E-state index < -0.39 is 29.4 Å². The molecule has 1 heterocycles. The standard InChI is InChI=1S/C35H51N3O5/c1-30(2)11-13-35(29(43)38-24(19-39)28(41)42)14-12-33(5)21(22(35)17-30)7-8-26-31(3)18-23-27(37-16-15-36-23)32(4,20-40)25(31)9-10-34(26,33)6/h7,15-16,22,24-26,39-40H,8-14,17-20H2,1-6H3,(H,38,43)(H,41,42)/t22-,24-,25+,26+,31-,32-,33+,34+,35-/m0/s1. The lowest BCUT2D eigenvalue weighted by Crippen LogP contribution is -2.66. The van der Waals surface area contributed by atoms with Crippen LogP contribution < -0.4 is 5.32 Å². The van der Waals surface area contributed by atoms with Gasteiger partial charge in [-0.05, 0) is 97.2 Å². The Morgan fingerprint density at radius 2 is 1.67 bits per heavy atom. The predicted molar refractivity (Wildman–Crippen MR) is 163 cm³/mol. The van der Waals surface area contributed by atoms with E-state index >= 15 is 0 Å². The van der Waals surface area contributed by atoms with Crippen LogP contribution in [0.5, 0.6) is 0 Å². The Bertz CT molecular complexity index is 1360. The van der Waals surface area contributed by atoms with E-state index in [1.807, 2.05) is 0 Å². The summed E-state index contributed by atoms with van der Waals surface area (Å²) in [6, 6.07) is -1.29. The Labute approximate surface area is 256 Å². The summed E-state index contributed by atoms with van der Waals surface area (Å²) < 4.78 is 0. The number of nitrogens with one attached hydrogen (secondary N) is 1. The second-order valence-corrected chi connectivity index (χ2v) is 16.5. The number of aliphatic carboxylic acids is 1. The van der Waals surface area contributed by atoms with E-state index in [0.29, 0.717) is 11.8 Å².